The molecule has 1 aromatic carbocycles. The fourth-order valence-electron chi connectivity index (χ4n) is 5.95. The predicted octanol–water partition coefficient (Wildman–Crippen LogP) is 4.82. The van der Waals surface area contributed by atoms with E-state index < -0.39 is 29.8 Å². The average molecular weight is 666 g/mol. The van der Waals surface area contributed by atoms with Gasteiger partial charge in [0.1, 0.15) is 5.60 Å². The van der Waals surface area contributed by atoms with Crippen LogP contribution in [0.3, 0.4) is 0 Å². The number of nitrogens with one attached hydrogen (secondary N) is 2. The van der Waals surface area contributed by atoms with Gasteiger partial charge in [-0.3, -0.25) is 9.69 Å². The fourth-order valence-corrected chi connectivity index (χ4v) is 5.95. The van der Waals surface area contributed by atoms with Crippen LogP contribution in [0.4, 0.5) is 4.79 Å². The lowest BCUT2D eigenvalue weighted by molar-refractivity contribution is -0.125. The molecule has 2 amide bonds. The molecule has 1 aliphatic rings. The van der Waals surface area contributed by atoms with Crippen LogP contribution < -0.4 is 20.1 Å². The number of methoxy groups -OCH3 is 2. The highest BCUT2D eigenvalue weighted by Crippen LogP contribution is 2.32. The summed E-state index contributed by atoms with van der Waals surface area (Å²) < 4.78 is 28.0. The summed E-state index contributed by atoms with van der Waals surface area (Å²) in [4.78, 5) is 28.3. The molecule has 11 nitrogen and oxygen atoms in total. The summed E-state index contributed by atoms with van der Waals surface area (Å²) in [6.45, 7) is 19.7. The molecule has 6 atom stereocenters. The summed E-state index contributed by atoms with van der Waals surface area (Å²) in [5.74, 6) is 1.10. The minimum Gasteiger partial charge on any atom is -0.493 e. The van der Waals surface area contributed by atoms with Gasteiger partial charge in [0, 0.05) is 52.2 Å². The van der Waals surface area contributed by atoms with Crippen LogP contribution in [0.5, 0.6) is 11.5 Å². The Bertz CT molecular complexity index is 1070. The second kappa shape index (κ2) is 20.0. The molecule has 0 unspecified atom stereocenters. The first-order valence-electron chi connectivity index (χ1n) is 17.2. The third-order valence-corrected chi connectivity index (χ3v) is 8.41. The van der Waals surface area contributed by atoms with Crippen molar-refractivity contribution in [2.24, 2.45) is 17.8 Å². The Morgan fingerprint density at radius 3 is 2.32 bits per heavy atom. The molecular weight excluding hydrogens is 602 g/mol. The van der Waals surface area contributed by atoms with Gasteiger partial charge in [-0.2, -0.15) is 0 Å². The molecule has 3 N–H and O–H groups in total. The number of hydrogen-bond acceptors (Lipinski definition) is 9. The molecule has 0 radical (unpaired) electrons. The molecule has 0 spiro atoms. The standard InChI is InChI=1S/C36H63N3O8/c1-24(2)29(19-28-12-13-32(44-10)33(20-28)45-17-11-16-43-9)21-30(38-35(42)47-36(6,7)8)31(40)18-25(3)34(41)37-14-15-39-22-26(4)46-27(5)23-39/h12-13,20,24-27,29-31,40H,11,14-19,21-23H2,1-10H3,(H,37,41)(H,38,42)/t25-,26-,27-,29+,30+,31+/m1/s1. The van der Waals surface area contributed by atoms with E-state index in [0.717, 1.165) is 31.6 Å². The van der Waals surface area contributed by atoms with Gasteiger partial charge in [-0.25, -0.2) is 4.79 Å². The van der Waals surface area contributed by atoms with E-state index in [-0.39, 0.29) is 36.4 Å². The maximum atomic E-state index is 13.0. The van der Waals surface area contributed by atoms with E-state index >= 15 is 0 Å². The number of nitrogens with zero attached hydrogens (tertiary/aromatic N) is 1. The normalized spacial score (nSPS) is 19.8. The first-order chi connectivity index (χ1) is 22.1. The third-order valence-electron chi connectivity index (χ3n) is 8.41. The van der Waals surface area contributed by atoms with E-state index in [9.17, 15) is 14.7 Å². The lowest BCUT2D eigenvalue weighted by atomic mass is 9.82. The van der Waals surface area contributed by atoms with E-state index in [2.05, 4.69) is 43.2 Å². The van der Waals surface area contributed by atoms with Gasteiger partial charge in [0.2, 0.25) is 5.91 Å². The van der Waals surface area contributed by atoms with Gasteiger partial charge >= 0.3 is 6.09 Å². The minimum absolute atomic E-state index is 0.0989. The van der Waals surface area contributed by atoms with E-state index in [4.69, 9.17) is 23.7 Å². The van der Waals surface area contributed by atoms with Crippen LogP contribution >= 0.6 is 0 Å². The SMILES string of the molecule is COCCCOc1cc(C[C@@H](C[C@H](NC(=O)OC(C)(C)C)[C@@H](O)C[C@@H](C)C(=O)NCCN2C[C@@H](C)O[C@H](C)C2)C(C)C)ccc1OC. The number of carbonyl (C=O) groups is 2. The molecule has 1 saturated heterocycles. The first-order valence-corrected chi connectivity index (χ1v) is 17.2. The number of morpholine rings is 1. The Balaban J connectivity index is 2.11. The van der Waals surface area contributed by atoms with Crippen LogP contribution in [0.25, 0.3) is 0 Å². The molecule has 0 aromatic heterocycles. The molecule has 0 bridgehead atoms. The highest BCUT2D eigenvalue weighted by Gasteiger charge is 2.31. The van der Waals surface area contributed by atoms with Crippen molar-refractivity contribution in [2.45, 2.75) is 111 Å². The molecule has 11 heteroatoms. The van der Waals surface area contributed by atoms with E-state index in [1.807, 2.05) is 25.1 Å². The number of carbonyl (C=O) groups excluding carboxylic acids is 2. The highest BCUT2D eigenvalue weighted by molar-refractivity contribution is 5.78. The maximum absolute atomic E-state index is 13.0. The maximum Gasteiger partial charge on any atom is 0.407 e. The zero-order chi connectivity index (χ0) is 35.1. The van der Waals surface area contributed by atoms with Crippen LogP contribution in [-0.2, 0) is 25.4 Å². The van der Waals surface area contributed by atoms with Crippen molar-refractivity contribution in [3.05, 3.63) is 23.8 Å². The fraction of sp³-hybridized carbons (Fsp3) is 0.778. The van der Waals surface area contributed by atoms with Crippen LogP contribution in [0.15, 0.2) is 18.2 Å². The van der Waals surface area contributed by atoms with Crippen LogP contribution in [-0.4, -0.2) is 106 Å². The lowest BCUT2D eigenvalue weighted by Crippen LogP contribution is -2.49. The number of benzene rings is 1. The van der Waals surface area contributed by atoms with Crippen molar-refractivity contribution in [2.75, 3.05) is 53.6 Å². The first kappa shape index (κ1) is 40.6. The number of hydrogen-bond donors (Lipinski definition) is 3. The predicted molar refractivity (Wildman–Crippen MR) is 184 cm³/mol. The molecular formula is C36H63N3O8. The van der Waals surface area contributed by atoms with E-state index in [0.29, 0.717) is 44.1 Å². The van der Waals surface area contributed by atoms with Crippen LogP contribution in [0.2, 0.25) is 0 Å². The van der Waals surface area contributed by atoms with E-state index in [1.165, 1.54) is 0 Å². The number of aliphatic hydroxyl groups is 1. The van der Waals surface area contributed by atoms with Gasteiger partial charge in [0.15, 0.2) is 11.5 Å². The van der Waals surface area contributed by atoms with Crippen molar-refractivity contribution in [1.29, 1.82) is 0 Å². The van der Waals surface area contributed by atoms with Crippen molar-refractivity contribution in [3.8, 4) is 11.5 Å². The molecule has 2 rings (SSSR count). The number of alkyl carbamates (subject to hydrolysis) is 1. The number of aliphatic hydroxyl groups excluding tert-OH is 1. The molecule has 1 heterocycles. The average Bonchev–Trinajstić information content (AvgIpc) is 2.97. The summed E-state index contributed by atoms with van der Waals surface area (Å²) in [5, 5.41) is 17.5. The largest absolute Gasteiger partial charge is 0.493 e. The Morgan fingerprint density at radius 1 is 1.04 bits per heavy atom. The quantitative estimate of drug-likeness (QED) is 0.178. The van der Waals surface area contributed by atoms with Crippen molar-refractivity contribution in [3.63, 3.8) is 0 Å². The van der Waals surface area contributed by atoms with Gasteiger partial charge in [-0.15, -0.1) is 0 Å². The second-order valence-corrected chi connectivity index (χ2v) is 14.4. The Hall–Kier alpha value is -2.60. The Labute approximate surface area is 283 Å². The summed E-state index contributed by atoms with van der Waals surface area (Å²) in [6.07, 6.45) is 0.937. The second-order valence-electron chi connectivity index (χ2n) is 14.4. The lowest BCUT2D eigenvalue weighted by Gasteiger charge is -2.35. The van der Waals surface area contributed by atoms with Crippen molar-refractivity contribution < 1.29 is 38.4 Å². The molecule has 1 aromatic rings. The zero-order valence-corrected chi connectivity index (χ0v) is 30.6. The smallest absolute Gasteiger partial charge is 0.407 e. The molecule has 47 heavy (non-hydrogen) atoms. The van der Waals surface area contributed by atoms with Gasteiger partial charge in [0.05, 0.1) is 38.1 Å². The Morgan fingerprint density at radius 2 is 1.72 bits per heavy atom. The summed E-state index contributed by atoms with van der Waals surface area (Å²) in [6, 6.07) is 5.31. The third kappa shape index (κ3) is 15.4. The van der Waals surface area contributed by atoms with Gasteiger partial charge in [-0.05, 0) is 83.4 Å². The summed E-state index contributed by atoms with van der Waals surface area (Å²) in [7, 11) is 3.29. The summed E-state index contributed by atoms with van der Waals surface area (Å²) >= 11 is 0. The number of amides is 2. The number of rotatable bonds is 19. The van der Waals surface area contributed by atoms with Crippen LogP contribution in [0, 0.1) is 17.8 Å². The monoisotopic (exact) mass is 665 g/mol. The van der Waals surface area contributed by atoms with Crippen molar-refractivity contribution >= 4 is 12.0 Å². The molecule has 270 valence electrons. The van der Waals surface area contributed by atoms with Gasteiger partial charge in [-0.1, -0.05) is 26.8 Å². The van der Waals surface area contributed by atoms with Crippen LogP contribution in [0.1, 0.15) is 80.2 Å². The Kier molecular flexibility index (Phi) is 17.3. The molecule has 0 aliphatic carbocycles. The summed E-state index contributed by atoms with van der Waals surface area (Å²) in [5.41, 5.74) is 0.372. The van der Waals surface area contributed by atoms with E-state index in [1.54, 1.807) is 35.0 Å². The molecule has 1 aliphatic heterocycles. The van der Waals surface area contributed by atoms with Gasteiger partial charge in [0.25, 0.3) is 0 Å². The highest BCUT2D eigenvalue weighted by atomic mass is 16.6. The molecule has 0 saturated carbocycles. The molecule has 1 fully saturated rings. The van der Waals surface area contributed by atoms with Gasteiger partial charge < -0.3 is 39.4 Å². The minimum atomic E-state index is -0.957. The number of ether oxygens (including phenoxy) is 5. The topological polar surface area (TPSA) is 128 Å². The van der Waals surface area contributed by atoms with Crippen molar-refractivity contribution in [1.82, 2.24) is 15.5 Å². The zero-order valence-electron chi connectivity index (χ0n) is 30.6.